The van der Waals surface area contributed by atoms with E-state index in [9.17, 15) is 13.2 Å². The number of allylic oxidation sites excluding steroid dienone is 4. The third-order valence-electron chi connectivity index (χ3n) is 2.49. The van der Waals surface area contributed by atoms with Crippen LogP contribution in [0.4, 0.5) is 0 Å². The van der Waals surface area contributed by atoms with Gasteiger partial charge in [0.1, 0.15) is 5.75 Å². The van der Waals surface area contributed by atoms with E-state index < -0.39 is 10.0 Å². The number of nitrogens with zero attached hydrogens (tertiary/aromatic N) is 1. The molecule has 0 fully saturated rings. The number of rotatable bonds is 4. The van der Waals surface area contributed by atoms with Gasteiger partial charge < -0.3 is 4.74 Å². The fourth-order valence-corrected chi connectivity index (χ4v) is 2.56. The van der Waals surface area contributed by atoms with Crippen molar-refractivity contribution in [2.75, 3.05) is 6.61 Å². The molecule has 104 valence electrons. The van der Waals surface area contributed by atoms with Gasteiger partial charge in [0.2, 0.25) is 0 Å². The highest BCUT2D eigenvalue weighted by Gasteiger charge is 2.14. The summed E-state index contributed by atoms with van der Waals surface area (Å²) >= 11 is 0. The van der Waals surface area contributed by atoms with E-state index in [1.54, 1.807) is 12.1 Å². The first-order chi connectivity index (χ1) is 9.51. The zero-order valence-electron chi connectivity index (χ0n) is 10.8. The van der Waals surface area contributed by atoms with E-state index >= 15 is 0 Å². The van der Waals surface area contributed by atoms with Gasteiger partial charge in [0.25, 0.3) is 10.0 Å². The Morgan fingerprint density at radius 1 is 1.05 bits per heavy atom. The van der Waals surface area contributed by atoms with Crippen LogP contribution in [-0.2, 0) is 14.8 Å². The van der Waals surface area contributed by atoms with Gasteiger partial charge in [-0.25, -0.2) is 0 Å². The van der Waals surface area contributed by atoms with Gasteiger partial charge in [0.05, 0.1) is 17.2 Å². The molecule has 0 amide bonds. The lowest BCUT2D eigenvalue weighted by molar-refractivity contribution is -0.110. The van der Waals surface area contributed by atoms with Gasteiger partial charge in [0.15, 0.2) is 5.78 Å². The van der Waals surface area contributed by atoms with Crippen LogP contribution in [0.3, 0.4) is 0 Å². The standard InChI is InChI=1S/C14H13NO4S/c1-2-19-13-7-9-14(10-8-13)20(17,18)15-11-3-5-12(16)6-4-11/h3-10H,2H2,1H3. The average molecular weight is 291 g/mol. The van der Waals surface area contributed by atoms with Gasteiger partial charge in [-0.1, -0.05) is 0 Å². The van der Waals surface area contributed by atoms with Gasteiger partial charge in [-0.05, 0) is 55.5 Å². The van der Waals surface area contributed by atoms with Crippen molar-refractivity contribution in [2.45, 2.75) is 11.8 Å². The molecule has 1 aliphatic carbocycles. The summed E-state index contributed by atoms with van der Waals surface area (Å²) in [5.41, 5.74) is 0.221. The number of benzene rings is 1. The summed E-state index contributed by atoms with van der Waals surface area (Å²) in [5.74, 6) is 0.407. The third-order valence-corrected chi connectivity index (χ3v) is 3.81. The smallest absolute Gasteiger partial charge is 0.282 e. The van der Waals surface area contributed by atoms with Gasteiger partial charge in [-0.3, -0.25) is 4.79 Å². The molecule has 20 heavy (non-hydrogen) atoms. The van der Waals surface area contributed by atoms with Crippen LogP contribution in [0.1, 0.15) is 6.92 Å². The Morgan fingerprint density at radius 3 is 2.20 bits per heavy atom. The SMILES string of the molecule is CCOc1ccc(S(=O)(=O)N=C2C=CC(=O)C=C2)cc1. The van der Waals surface area contributed by atoms with Crippen LogP contribution in [0, 0.1) is 0 Å². The zero-order chi connectivity index (χ0) is 14.6. The second-order valence-corrected chi connectivity index (χ2v) is 5.57. The van der Waals surface area contributed by atoms with Gasteiger partial charge >= 0.3 is 0 Å². The Labute approximate surface area is 117 Å². The largest absolute Gasteiger partial charge is 0.494 e. The van der Waals surface area contributed by atoms with Crippen LogP contribution < -0.4 is 4.74 Å². The predicted molar refractivity (Wildman–Crippen MR) is 75.5 cm³/mol. The number of ketones is 1. The monoisotopic (exact) mass is 291 g/mol. The van der Waals surface area contributed by atoms with E-state index in [1.807, 2.05) is 6.92 Å². The minimum atomic E-state index is -3.79. The summed E-state index contributed by atoms with van der Waals surface area (Å²) in [6.07, 6.45) is 5.28. The quantitative estimate of drug-likeness (QED) is 0.794. The van der Waals surface area contributed by atoms with Crippen LogP contribution in [0.5, 0.6) is 5.75 Å². The number of hydrogen-bond donors (Lipinski definition) is 0. The summed E-state index contributed by atoms with van der Waals surface area (Å²) < 4.78 is 33.1. The molecule has 0 saturated carbocycles. The van der Waals surface area contributed by atoms with Crippen molar-refractivity contribution in [2.24, 2.45) is 4.40 Å². The van der Waals surface area contributed by atoms with Crippen molar-refractivity contribution in [3.05, 3.63) is 48.6 Å². The van der Waals surface area contributed by atoms with E-state index in [0.717, 1.165) is 0 Å². The molecule has 0 N–H and O–H groups in total. The van der Waals surface area contributed by atoms with Gasteiger partial charge in [0, 0.05) is 0 Å². The molecule has 0 radical (unpaired) electrons. The number of sulfonamides is 1. The predicted octanol–water partition coefficient (Wildman–Crippen LogP) is 1.91. The highest BCUT2D eigenvalue weighted by molar-refractivity contribution is 7.90. The van der Waals surface area contributed by atoms with Crippen molar-refractivity contribution in [1.29, 1.82) is 0 Å². The minimum absolute atomic E-state index is 0.0761. The molecule has 0 bridgehead atoms. The van der Waals surface area contributed by atoms with Crippen molar-refractivity contribution in [3.63, 3.8) is 0 Å². The van der Waals surface area contributed by atoms with Gasteiger partial charge in [-0.15, -0.1) is 0 Å². The summed E-state index contributed by atoms with van der Waals surface area (Å²) in [6, 6.07) is 6.02. The molecular formula is C14H13NO4S. The fraction of sp³-hybridized carbons (Fsp3) is 0.143. The Balaban J connectivity index is 2.27. The molecule has 1 aromatic carbocycles. The van der Waals surface area contributed by atoms with Crippen LogP contribution in [0.2, 0.25) is 0 Å². The maximum absolute atomic E-state index is 12.1. The molecule has 6 heteroatoms. The first-order valence-corrected chi connectivity index (χ1v) is 7.43. The van der Waals surface area contributed by atoms with E-state index in [-0.39, 0.29) is 16.4 Å². The Hall–Kier alpha value is -2.21. The lowest BCUT2D eigenvalue weighted by Gasteiger charge is -2.04. The number of hydrogen-bond acceptors (Lipinski definition) is 4. The molecule has 1 aromatic rings. The molecule has 0 heterocycles. The normalized spacial score (nSPS) is 14.4. The third kappa shape index (κ3) is 3.42. The molecular weight excluding hydrogens is 278 g/mol. The highest BCUT2D eigenvalue weighted by Crippen LogP contribution is 2.18. The number of carbonyl (C=O) groups is 1. The highest BCUT2D eigenvalue weighted by atomic mass is 32.2. The minimum Gasteiger partial charge on any atom is -0.494 e. The van der Waals surface area contributed by atoms with Crippen molar-refractivity contribution < 1.29 is 17.9 Å². The molecule has 1 aliphatic rings. The lowest BCUT2D eigenvalue weighted by Crippen LogP contribution is -2.04. The van der Waals surface area contributed by atoms with E-state index in [0.29, 0.717) is 12.4 Å². The van der Waals surface area contributed by atoms with Crippen LogP contribution in [0.25, 0.3) is 0 Å². The van der Waals surface area contributed by atoms with Crippen molar-refractivity contribution in [3.8, 4) is 5.75 Å². The van der Waals surface area contributed by atoms with E-state index in [4.69, 9.17) is 4.74 Å². The van der Waals surface area contributed by atoms with Gasteiger partial charge in [-0.2, -0.15) is 12.8 Å². The van der Waals surface area contributed by atoms with Crippen LogP contribution >= 0.6 is 0 Å². The Bertz CT molecular complexity index is 679. The second-order valence-electron chi connectivity index (χ2n) is 3.96. The summed E-state index contributed by atoms with van der Waals surface area (Å²) in [6.45, 7) is 2.36. The average Bonchev–Trinajstić information content (AvgIpc) is 2.42. The molecule has 5 nitrogen and oxygen atoms in total. The van der Waals surface area contributed by atoms with Crippen LogP contribution in [-0.4, -0.2) is 26.5 Å². The van der Waals surface area contributed by atoms with E-state index in [2.05, 4.69) is 4.40 Å². The number of carbonyl (C=O) groups excluding carboxylic acids is 1. The topological polar surface area (TPSA) is 72.8 Å². The lowest BCUT2D eigenvalue weighted by atomic mass is 10.2. The molecule has 0 saturated heterocycles. The number of ether oxygens (including phenoxy) is 1. The van der Waals surface area contributed by atoms with Crippen molar-refractivity contribution >= 4 is 21.5 Å². The Kier molecular flexibility index (Phi) is 4.14. The zero-order valence-corrected chi connectivity index (χ0v) is 11.6. The fourth-order valence-electron chi connectivity index (χ4n) is 1.57. The molecule has 0 atom stereocenters. The molecule has 2 rings (SSSR count). The molecule has 0 spiro atoms. The maximum atomic E-state index is 12.1. The first-order valence-electron chi connectivity index (χ1n) is 5.99. The maximum Gasteiger partial charge on any atom is 0.282 e. The molecule has 0 aromatic heterocycles. The first kappa shape index (κ1) is 14.2. The summed E-state index contributed by atoms with van der Waals surface area (Å²) in [4.78, 5) is 11.0. The molecule has 0 aliphatic heterocycles. The molecule has 0 unspecified atom stereocenters. The van der Waals surface area contributed by atoms with Crippen molar-refractivity contribution in [1.82, 2.24) is 0 Å². The van der Waals surface area contributed by atoms with E-state index in [1.165, 1.54) is 36.4 Å². The van der Waals surface area contributed by atoms with Crippen LogP contribution in [0.15, 0.2) is 57.9 Å². The summed E-state index contributed by atoms with van der Waals surface area (Å²) in [5, 5.41) is 0. The summed E-state index contributed by atoms with van der Waals surface area (Å²) in [7, 11) is -3.79. The Morgan fingerprint density at radius 2 is 1.65 bits per heavy atom. The second kappa shape index (κ2) is 5.83.